The highest BCUT2D eigenvalue weighted by Gasteiger charge is 2.27. The maximum Gasteiger partial charge on any atom is 0.296 e. The number of thiophene rings is 2. The average Bonchev–Trinajstić information content (AvgIpc) is 3.50. The number of hydrogen-bond acceptors (Lipinski definition) is 6. The molecule has 148 valence electrons. The number of hydrogen-bond donors (Lipinski definition) is 2. The first-order valence-corrected chi connectivity index (χ1v) is 10.6. The minimum Gasteiger partial charge on any atom is -0.318 e. The SMILES string of the molecule is O=C1Nc2ccccc2C1=O.O=C1Nc2ccccc2C1=O.c1cc2sccc2s1. The zero-order valence-corrected chi connectivity index (χ0v) is 17.0. The highest BCUT2D eigenvalue weighted by atomic mass is 32.1. The molecule has 8 heteroatoms. The van der Waals surface area contributed by atoms with Crippen LogP contribution in [0.15, 0.2) is 71.4 Å². The van der Waals surface area contributed by atoms with Gasteiger partial charge >= 0.3 is 0 Å². The normalized spacial score (nSPS) is 13.5. The quantitative estimate of drug-likeness (QED) is 0.396. The maximum atomic E-state index is 11.0. The fourth-order valence-electron chi connectivity index (χ4n) is 2.88. The van der Waals surface area contributed by atoms with E-state index in [1.165, 1.54) is 9.40 Å². The van der Waals surface area contributed by atoms with Gasteiger partial charge < -0.3 is 10.6 Å². The fourth-order valence-corrected chi connectivity index (χ4v) is 4.70. The Bertz CT molecular complexity index is 1170. The van der Waals surface area contributed by atoms with Crippen molar-refractivity contribution >= 4 is 66.8 Å². The molecular weight excluding hydrogens is 420 g/mol. The number of para-hydroxylation sites is 2. The highest BCUT2D eigenvalue weighted by Crippen LogP contribution is 2.25. The highest BCUT2D eigenvalue weighted by molar-refractivity contribution is 7.25. The smallest absolute Gasteiger partial charge is 0.296 e. The van der Waals surface area contributed by atoms with E-state index in [2.05, 4.69) is 33.5 Å². The zero-order valence-electron chi connectivity index (χ0n) is 15.4. The molecule has 6 rings (SSSR count). The lowest BCUT2D eigenvalue weighted by molar-refractivity contribution is -0.112. The molecule has 0 bridgehead atoms. The Morgan fingerprint density at radius 1 is 0.533 bits per heavy atom. The van der Waals surface area contributed by atoms with Crippen LogP contribution < -0.4 is 10.6 Å². The Balaban J connectivity index is 0.000000110. The predicted molar refractivity (Wildman–Crippen MR) is 119 cm³/mol. The summed E-state index contributed by atoms with van der Waals surface area (Å²) in [7, 11) is 0. The molecule has 2 aliphatic rings. The molecule has 4 aromatic rings. The molecule has 4 heterocycles. The molecule has 0 unspecified atom stereocenters. The number of anilines is 2. The number of ketones is 2. The van der Waals surface area contributed by atoms with Crippen molar-refractivity contribution in [1.82, 2.24) is 0 Å². The van der Waals surface area contributed by atoms with Crippen molar-refractivity contribution in [3.05, 3.63) is 82.6 Å². The van der Waals surface area contributed by atoms with Crippen molar-refractivity contribution in [2.75, 3.05) is 10.6 Å². The van der Waals surface area contributed by atoms with Crippen LogP contribution in [0.3, 0.4) is 0 Å². The third-order valence-corrected chi connectivity index (χ3v) is 6.22. The zero-order chi connectivity index (χ0) is 21.1. The lowest BCUT2D eigenvalue weighted by Crippen LogP contribution is -2.12. The summed E-state index contributed by atoms with van der Waals surface area (Å²) in [5.74, 6) is -1.96. The predicted octanol–water partition coefficient (Wildman–Crippen LogP) is 4.61. The van der Waals surface area contributed by atoms with Crippen molar-refractivity contribution in [3.8, 4) is 0 Å². The molecule has 0 radical (unpaired) electrons. The van der Waals surface area contributed by atoms with Crippen LogP contribution in [0.1, 0.15) is 20.7 Å². The van der Waals surface area contributed by atoms with E-state index in [9.17, 15) is 19.2 Å². The van der Waals surface area contributed by atoms with Crippen LogP contribution >= 0.6 is 22.7 Å². The third-order valence-electron chi connectivity index (χ3n) is 4.32. The first-order chi connectivity index (χ1) is 14.5. The van der Waals surface area contributed by atoms with E-state index < -0.39 is 23.4 Å². The minimum absolute atomic E-state index is 0.444. The molecule has 2 aromatic heterocycles. The van der Waals surface area contributed by atoms with Crippen molar-refractivity contribution in [2.45, 2.75) is 0 Å². The van der Waals surface area contributed by atoms with E-state index in [0.29, 0.717) is 22.5 Å². The monoisotopic (exact) mass is 434 g/mol. The first kappa shape index (κ1) is 19.7. The summed E-state index contributed by atoms with van der Waals surface area (Å²) in [6.07, 6.45) is 0. The number of carbonyl (C=O) groups excluding carboxylic acids is 4. The molecule has 0 fully saturated rings. The summed E-state index contributed by atoms with van der Waals surface area (Å²) in [6.45, 7) is 0. The number of nitrogens with one attached hydrogen (secondary N) is 2. The van der Waals surface area contributed by atoms with Gasteiger partial charge in [0.15, 0.2) is 0 Å². The van der Waals surface area contributed by atoms with Gasteiger partial charge in [-0.2, -0.15) is 0 Å². The Labute approximate surface area is 179 Å². The van der Waals surface area contributed by atoms with Gasteiger partial charge in [0.25, 0.3) is 23.4 Å². The van der Waals surface area contributed by atoms with Gasteiger partial charge in [-0.3, -0.25) is 19.2 Å². The van der Waals surface area contributed by atoms with Gasteiger partial charge in [-0.1, -0.05) is 24.3 Å². The summed E-state index contributed by atoms with van der Waals surface area (Å²) in [5, 5.41) is 9.17. The van der Waals surface area contributed by atoms with Gasteiger partial charge in [-0.05, 0) is 47.2 Å². The topological polar surface area (TPSA) is 92.3 Å². The van der Waals surface area contributed by atoms with Crippen molar-refractivity contribution < 1.29 is 19.2 Å². The molecule has 6 nitrogen and oxygen atoms in total. The number of rotatable bonds is 0. The molecular formula is C22H14N2O4S2. The second-order valence-corrected chi connectivity index (χ2v) is 8.12. The minimum atomic E-state index is -0.536. The molecule has 0 aliphatic carbocycles. The van der Waals surface area contributed by atoms with E-state index in [4.69, 9.17) is 0 Å². The fraction of sp³-hybridized carbons (Fsp3) is 0. The molecule has 0 saturated heterocycles. The van der Waals surface area contributed by atoms with Crippen LogP contribution in [0.25, 0.3) is 9.40 Å². The van der Waals surface area contributed by atoms with Crippen LogP contribution in [-0.2, 0) is 9.59 Å². The standard InChI is InChI=1S/2C8H5NO2.C6H4S2/c2*10-7-5-3-1-2-4-6(5)9-8(7)11;1-3-7-6-2-4-8-5(1)6/h2*1-4H,(H,9,10,11);1-4H. The van der Waals surface area contributed by atoms with E-state index in [0.717, 1.165) is 0 Å². The van der Waals surface area contributed by atoms with E-state index in [1.54, 1.807) is 71.2 Å². The first-order valence-electron chi connectivity index (χ1n) is 8.84. The summed E-state index contributed by atoms with van der Waals surface area (Å²) in [4.78, 5) is 43.5. The van der Waals surface area contributed by atoms with Crippen molar-refractivity contribution in [2.24, 2.45) is 0 Å². The van der Waals surface area contributed by atoms with Gasteiger partial charge in [0.2, 0.25) is 0 Å². The van der Waals surface area contributed by atoms with Gasteiger partial charge in [0.1, 0.15) is 0 Å². The Morgan fingerprint density at radius 3 is 1.33 bits per heavy atom. The molecule has 30 heavy (non-hydrogen) atoms. The maximum absolute atomic E-state index is 11.0. The van der Waals surface area contributed by atoms with Crippen LogP contribution in [0.4, 0.5) is 11.4 Å². The second kappa shape index (κ2) is 8.40. The molecule has 0 spiro atoms. The number of carbonyl (C=O) groups is 4. The van der Waals surface area contributed by atoms with Crippen LogP contribution in [-0.4, -0.2) is 23.4 Å². The molecule has 2 N–H and O–H groups in total. The summed E-state index contributed by atoms with van der Waals surface area (Å²) in [5.41, 5.74) is 2.17. The van der Waals surface area contributed by atoms with Crippen LogP contribution in [0, 0.1) is 0 Å². The summed E-state index contributed by atoms with van der Waals surface area (Å²) >= 11 is 3.61. The number of Topliss-reactive ketones (excluding diaryl/α,β-unsaturated/α-hetero) is 2. The Kier molecular flexibility index (Phi) is 5.51. The van der Waals surface area contributed by atoms with Gasteiger partial charge in [0.05, 0.1) is 22.5 Å². The van der Waals surface area contributed by atoms with Crippen LogP contribution in [0.2, 0.25) is 0 Å². The Morgan fingerprint density at radius 2 is 0.933 bits per heavy atom. The number of fused-ring (bicyclic) bond motifs is 3. The molecule has 0 saturated carbocycles. The van der Waals surface area contributed by atoms with E-state index in [1.807, 2.05) is 0 Å². The van der Waals surface area contributed by atoms with E-state index in [-0.39, 0.29) is 0 Å². The number of amides is 2. The number of benzene rings is 2. The summed E-state index contributed by atoms with van der Waals surface area (Å²) < 4.78 is 2.82. The van der Waals surface area contributed by atoms with Gasteiger partial charge in [0, 0.05) is 9.40 Å². The van der Waals surface area contributed by atoms with Gasteiger partial charge in [-0.25, -0.2) is 0 Å². The van der Waals surface area contributed by atoms with Crippen LogP contribution in [0.5, 0.6) is 0 Å². The van der Waals surface area contributed by atoms with Crippen molar-refractivity contribution in [3.63, 3.8) is 0 Å². The summed E-state index contributed by atoms with van der Waals surface area (Å²) in [6, 6.07) is 18.0. The Hall–Kier alpha value is -3.62. The lowest BCUT2D eigenvalue weighted by Gasteiger charge is -1.91. The van der Waals surface area contributed by atoms with Gasteiger partial charge in [-0.15, -0.1) is 22.7 Å². The largest absolute Gasteiger partial charge is 0.318 e. The lowest BCUT2D eigenvalue weighted by atomic mass is 10.1. The van der Waals surface area contributed by atoms with Crippen molar-refractivity contribution in [1.29, 1.82) is 0 Å². The average molecular weight is 434 g/mol. The third kappa shape index (κ3) is 3.91. The molecule has 0 atom stereocenters. The van der Waals surface area contributed by atoms with E-state index >= 15 is 0 Å². The second-order valence-electron chi connectivity index (χ2n) is 6.23. The molecule has 2 aromatic carbocycles. The molecule has 2 aliphatic heterocycles. The molecule has 2 amide bonds.